The van der Waals surface area contributed by atoms with Crippen molar-refractivity contribution in [2.45, 2.75) is 59.0 Å². The highest BCUT2D eigenvalue weighted by atomic mass is 16.5. The Kier molecular flexibility index (Phi) is 7.96. The SMILES string of the molecule is CCC(C)N(CCOC)C1CCC1CNCC(C)C. The minimum absolute atomic E-state index is 0.674. The van der Waals surface area contributed by atoms with Gasteiger partial charge in [0.05, 0.1) is 6.61 Å². The lowest BCUT2D eigenvalue weighted by atomic mass is 9.77. The van der Waals surface area contributed by atoms with Crippen molar-refractivity contribution in [3.63, 3.8) is 0 Å². The summed E-state index contributed by atoms with van der Waals surface area (Å²) in [4.78, 5) is 2.68. The van der Waals surface area contributed by atoms with Crippen LogP contribution in [0.4, 0.5) is 0 Å². The van der Waals surface area contributed by atoms with Crippen molar-refractivity contribution in [2.24, 2.45) is 11.8 Å². The third kappa shape index (κ3) is 5.41. The van der Waals surface area contributed by atoms with Crippen molar-refractivity contribution in [3.05, 3.63) is 0 Å². The van der Waals surface area contributed by atoms with Gasteiger partial charge in [0.15, 0.2) is 0 Å². The topological polar surface area (TPSA) is 24.5 Å². The molecule has 1 rings (SSSR count). The van der Waals surface area contributed by atoms with Crippen LogP contribution in [0.2, 0.25) is 0 Å². The maximum absolute atomic E-state index is 5.28. The molecular formula is C16H34N2O. The lowest BCUT2D eigenvalue weighted by Crippen LogP contribution is -2.54. The molecule has 114 valence electrons. The summed E-state index contributed by atoms with van der Waals surface area (Å²) in [7, 11) is 1.80. The summed E-state index contributed by atoms with van der Waals surface area (Å²) in [6, 6.07) is 1.44. The molecule has 3 atom stereocenters. The van der Waals surface area contributed by atoms with Crippen molar-refractivity contribution in [1.29, 1.82) is 0 Å². The van der Waals surface area contributed by atoms with E-state index < -0.39 is 0 Å². The molecule has 0 saturated heterocycles. The quantitative estimate of drug-likeness (QED) is 0.660. The molecule has 0 aromatic heterocycles. The van der Waals surface area contributed by atoms with Gasteiger partial charge in [-0.3, -0.25) is 4.90 Å². The molecular weight excluding hydrogens is 236 g/mol. The third-order valence-corrected chi connectivity index (χ3v) is 4.47. The summed E-state index contributed by atoms with van der Waals surface area (Å²) in [5.41, 5.74) is 0. The van der Waals surface area contributed by atoms with Crippen LogP contribution in [0.15, 0.2) is 0 Å². The normalized spacial score (nSPS) is 24.8. The molecule has 19 heavy (non-hydrogen) atoms. The van der Waals surface area contributed by atoms with E-state index in [4.69, 9.17) is 4.74 Å². The first-order chi connectivity index (χ1) is 9.10. The summed E-state index contributed by atoms with van der Waals surface area (Å²) in [6.07, 6.45) is 3.98. The van der Waals surface area contributed by atoms with Crippen LogP contribution >= 0.6 is 0 Å². The van der Waals surface area contributed by atoms with Gasteiger partial charge in [-0.25, -0.2) is 0 Å². The molecule has 0 radical (unpaired) electrons. The Morgan fingerprint density at radius 1 is 1.26 bits per heavy atom. The molecule has 0 aromatic rings. The maximum atomic E-state index is 5.28. The van der Waals surface area contributed by atoms with Crippen LogP contribution in [-0.2, 0) is 4.74 Å². The number of methoxy groups -OCH3 is 1. The Balaban J connectivity index is 2.40. The van der Waals surface area contributed by atoms with E-state index in [2.05, 4.69) is 37.9 Å². The highest BCUT2D eigenvalue weighted by molar-refractivity contribution is 4.91. The second-order valence-corrected chi connectivity index (χ2v) is 6.44. The number of hydrogen-bond donors (Lipinski definition) is 1. The highest BCUT2D eigenvalue weighted by Gasteiger charge is 2.36. The third-order valence-electron chi connectivity index (χ3n) is 4.47. The van der Waals surface area contributed by atoms with Crippen molar-refractivity contribution >= 4 is 0 Å². The van der Waals surface area contributed by atoms with Gasteiger partial charge in [0.25, 0.3) is 0 Å². The summed E-state index contributed by atoms with van der Waals surface area (Å²) in [6.45, 7) is 13.4. The van der Waals surface area contributed by atoms with Gasteiger partial charge in [0.1, 0.15) is 0 Å². The van der Waals surface area contributed by atoms with E-state index in [1.54, 1.807) is 7.11 Å². The van der Waals surface area contributed by atoms with Crippen LogP contribution in [0.5, 0.6) is 0 Å². The number of nitrogens with one attached hydrogen (secondary N) is 1. The molecule has 1 aliphatic rings. The van der Waals surface area contributed by atoms with E-state index in [1.807, 2.05) is 0 Å². The molecule has 3 heteroatoms. The predicted molar refractivity (Wildman–Crippen MR) is 82.6 cm³/mol. The molecule has 0 bridgehead atoms. The zero-order valence-electron chi connectivity index (χ0n) is 13.6. The summed E-state index contributed by atoms with van der Waals surface area (Å²) in [5.74, 6) is 1.59. The van der Waals surface area contributed by atoms with Gasteiger partial charge in [-0.1, -0.05) is 20.8 Å². The van der Waals surface area contributed by atoms with Crippen molar-refractivity contribution in [1.82, 2.24) is 10.2 Å². The molecule has 0 aromatic carbocycles. The van der Waals surface area contributed by atoms with Gasteiger partial charge in [-0.2, -0.15) is 0 Å². The molecule has 1 aliphatic carbocycles. The summed E-state index contributed by atoms with van der Waals surface area (Å²) in [5, 5.41) is 3.63. The van der Waals surface area contributed by atoms with Gasteiger partial charge in [0, 0.05) is 25.7 Å². The van der Waals surface area contributed by atoms with Crippen LogP contribution in [0.1, 0.15) is 47.0 Å². The van der Waals surface area contributed by atoms with Crippen LogP contribution in [0, 0.1) is 11.8 Å². The first kappa shape index (κ1) is 16.9. The van der Waals surface area contributed by atoms with E-state index >= 15 is 0 Å². The Hall–Kier alpha value is -0.120. The van der Waals surface area contributed by atoms with E-state index in [9.17, 15) is 0 Å². The van der Waals surface area contributed by atoms with Crippen molar-refractivity contribution in [2.75, 3.05) is 33.4 Å². The molecule has 1 fully saturated rings. The smallest absolute Gasteiger partial charge is 0.0589 e. The van der Waals surface area contributed by atoms with Crippen LogP contribution in [0.3, 0.4) is 0 Å². The number of rotatable bonds is 10. The molecule has 1 saturated carbocycles. The van der Waals surface area contributed by atoms with Gasteiger partial charge in [0.2, 0.25) is 0 Å². The zero-order chi connectivity index (χ0) is 14.3. The van der Waals surface area contributed by atoms with E-state index in [0.717, 1.165) is 37.6 Å². The average Bonchev–Trinajstić information content (AvgIpc) is 2.36. The summed E-state index contributed by atoms with van der Waals surface area (Å²) >= 11 is 0. The lowest BCUT2D eigenvalue weighted by molar-refractivity contribution is 0.0128. The highest BCUT2D eigenvalue weighted by Crippen LogP contribution is 2.33. The fourth-order valence-electron chi connectivity index (χ4n) is 2.93. The molecule has 0 aliphatic heterocycles. The van der Waals surface area contributed by atoms with Crippen LogP contribution in [-0.4, -0.2) is 50.3 Å². The Bertz CT molecular complexity index is 233. The van der Waals surface area contributed by atoms with E-state index in [-0.39, 0.29) is 0 Å². The average molecular weight is 270 g/mol. The first-order valence-electron chi connectivity index (χ1n) is 8.05. The Morgan fingerprint density at radius 2 is 2.00 bits per heavy atom. The fraction of sp³-hybridized carbons (Fsp3) is 1.00. The van der Waals surface area contributed by atoms with E-state index in [1.165, 1.54) is 25.8 Å². The standard InChI is InChI=1S/C16H34N2O/c1-6-14(4)18(9-10-19-5)16-8-7-15(16)12-17-11-13(2)3/h13-17H,6-12H2,1-5H3. The maximum Gasteiger partial charge on any atom is 0.0589 e. The zero-order valence-corrected chi connectivity index (χ0v) is 13.6. The number of hydrogen-bond acceptors (Lipinski definition) is 3. The molecule has 0 spiro atoms. The molecule has 1 N–H and O–H groups in total. The van der Waals surface area contributed by atoms with Gasteiger partial charge in [-0.15, -0.1) is 0 Å². The van der Waals surface area contributed by atoms with Crippen LogP contribution < -0.4 is 5.32 Å². The lowest BCUT2D eigenvalue weighted by Gasteiger charge is -2.47. The Labute approximate surface area is 120 Å². The summed E-state index contributed by atoms with van der Waals surface area (Å²) < 4.78 is 5.28. The largest absolute Gasteiger partial charge is 0.383 e. The molecule has 3 nitrogen and oxygen atoms in total. The second-order valence-electron chi connectivity index (χ2n) is 6.44. The Morgan fingerprint density at radius 3 is 2.47 bits per heavy atom. The van der Waals surface area contributed by atoms with E-state index in [0.29, 0.717) is 6.04 Å². The monoisotopic (exact) mass is 270 g/mol. The van der Waals surface area contributed by atoms with Crippen molar-refractivity contribution < 1.29 is 4.74 Å². The van der Waals surface area contributed by atoms with Gasteiger partial charge >= 0.3 is 0 Å². The molecule has 3 unspecified atom stereocenters. The van der Waals surface area contributed by atoms with Crippen LogP contribution in [0.25, 0.3) is 0 Å². The van der Waals surface area contributed by atoms with Crippen molar-refractivity contribution in [3.8, 4) is 0 Å². The minimum atomic E-state index is 0.674. The molecule has 0 amide bonds. The first-order valence-corrected chi connectivity index (χ1v) is 8.05. The van der Waals surface area contributed by atoms with Gasteiger partial charge < -0.3 is 10.1 Å². The van der Waals surface area contributed by atoms with Gasteiger partial charge in [-0.05, 0) is 51.1 Å². The minimum Gasteiger partial charge on any atom is -0.383 e. The predicted octanol–water partition coefficient (Wildman–Crippen LogP) is 2.76. The number of ether oxygens (including phenoxy) is 1. The molecule has 0 heterocycles. The fourth-order valence-corrected chi connectivity index (χ4v) is 2.93. The number of nitrogens with zero attached hydrogens (tertiary/aromatic N) is 1. The second kappa shape index (κ2) is 8.93.